The molecule has 2 nitrogen and oxygen atoms in total. The fourth-order valence-electron chi connectivity index (χ4n) is 4.32. The fraction of sp³-hybridized carbons (Fsp3) is 1.00. The first kappa shape index (κ1) is 12.7. The van der Waals surface area contributed by atoms with Gasteiger partial charge in [-0.1, -0.05) is 43.4 Å². The molecular formula is C13H22BIO2. The summed E-state index contributed by atoms with van der Waals surface area (Å²) >= 11 is 2.45. The molecule has 96 valence electrons. The second-order valence-corrected chi connectivity index (χ2v) is 9.04. The average Bonchev–Trinajstić information content (AvgIpc) is 2.51. The highest BCUT2D eigenvalue weighted by molar-refractivity contribution is 14.1. The predicted molar refractivity (Wildman–Crippen MR) is 78.4 cm³/mol. The van der Waals surface area contributed by atoms with Crippen molar-refractivity contribution in [3.63, 3.8) is 0 Å². The third-order valence-corrected chi connectivity index (χ3v) is 6.03. The van der Waals surface area contributed by atoms with Crippen molar-refractivity contribution in [3.8, 4) is 0 Å². The van der Waals surface area contributed by atoms with Crippen LogP contribution < -0.4 is 0 Å². The van der Waals surface area contributed by atoms with Crippen LogP contribution in [0.25, 0.3) is 0 Å². The van der Waals surface area contributed by atoms with Crippen LogP contribution in [-0.4, -0.2) is 22.7 Å². The molecule has 3 saturated carbocycles. The monoisotopic (exact) mass is 348 g/mol. The highest BCUT2D eigenvalue weighted by Gasteiger charge is 2.67. The molecule has 0 aromatic rings. The lowest BCUT2D eigenvalue weighted by atomic mass is 9.43. The standard InChI is InChI=1S/C13H22BIO2/c1-8(15)7-14-16-11-6-9-5-10(12(9,2)3)13(11,4)17-14/h8-11H,5-7H2,1-4H3/t8?,9-,10-,11+,13-/m0/s1. The summed E-state index contributed by atoms with van der Waals surface area (Å²) in [6.45, 7) is 9.33. The topological polar surface area (TPSA) is 18.5 Å². The van der Waals surface area contributed by atoms with Gasteiger partial charge in [0, 0.05) is 3.92 Å². The summed E-state index contributed by atoms with van der Waals surface area (Å²) in [5, 5.41) is 0. The van der Waals surface area contributed by atoms with E-state index in [0.717, 1.165) is 12.2 Å². The van der Waals surface area contributed by atoms with Crippen molar-refractivity contribution < 1.29 is 9.31 Å². The van der Waals surface area contributed by atoms with Crippen molar-refractivity contribution in [1.29, 1.82) is 0 Å². The number of hydrogen-bond acceptors (Lipinski definition) is 2. The molecule has 4 heteroatoms. The SMILES string of the molecule is CC(I)CB1O[C@@H]2C[C@@H]3C[C@@H](C3(C)C)[C@]2(C)O1. The summed E-state index contributed by atoms with van der Waals surface area (Å²) in [5.74, 6) is 1.54. The summed E-state index contributed by atoms with van der Waals surface area (Å²) < 4.78 is 13.1. The first-order chi connectivity index (χ1) is 7.84. The first-order valence-electron chi connectivity index (χ1n) is 6.81. The molecule has 1 saturated heterocycles. The molecule has 4 rings (SSSR count). The van der Waals surface area contributed by atoms with Gasteiger partial charge in [0.15, 0.2) is 0 Å². The summed E-state index contributed by atoms with van der Waals surface area (Å²) in [6.07, 6.45) is 3.91. The van der Waals surface area contributed by atoms with E-state index in [1.54, 1.807) is 0 Å². The van der Waals surface area contributed by atoms with E-state index in [4.69, 9.17) is 9.31 Å². The van der Waals surface area contributed by atoms with Crippen LogP contribution in [0.5, 0.6) is 0 Å². The van der Waals surface area contributed by atoms with Crippen LogP contribution in [0.3, 0.4) is 0 Å². The molecule has 0 N–H and O–H groups in total. The minimum absolute atomic E-state index is 0.0194. The van der Waals surface area contributed by atoms with Crippen molar-refractivity contribution >= 4 is 29.7 Å². The maximum absolute atomic E-state index is 6.32. The van der Waals surface area contributed by atoms with Gasteiger partial charge in [-0.15, -0.1) is 0 Å². The highest BCUT2D eigenvalue weighted by atomic mass is 127. The largest absolute Gasteiger partial charge is 0.458 e. The van der Waals surface area contributed by atoms with Crippen molar-refractivity contribution in [2.24, 2.45) is 17.3 Å². The van der Waals surface area contributed by atoms with E-state index in [9.17, 15) is 0 Å². The molecule has 1 aliphatic heterocycles. The Bertz CT molecular complexity index is 333. The smallest absolute Gasteiger partial charge is 0.405 e. The van der Waals surface area contributed by atoms with Gasteiger partial charge in [0.1, 0.15) is 0 Å². The molecule has 4 aliphatic rings. The van der Waals surface area contributed by atoms with E-state index in [1.165, 1.54) is 12.8 Å². The van der Waals surface area contributed by atoms with Crippen LogP contribution in [0, 0.1) is 17.3 Å². The van der Waals surface area contributed by atoms with Crippen molar-refractivity contribution in [2.45, 2.75) is 62.5 Å². The van der Waals surface area contributed by atoms with E-state index < -0.39 is 0 Å². The molecule has 4 fully saturated rings. The van der Waals surface area contributed by atoms with Crippen LogP contribution in [0.1, 0.15) is 40.5 Å². The van der Waals surface area contributed by atoms with Gasteiger partial charge in [-0.25, -0.2) is 0 Å². The Kier molecular flexibility index (Phi) is 2.89. The van der Waals surface area contributed by atoms with Gasteiger partial charge in [-0.05, 0) is 43.3 Å². The van der Waals surface area contributed by atoms with Crippen molar-refractivity contribution in [1.82, 2.24) is 0 Å². The highest BCUT2D eigenvalue weighted by Crippen LogP contribution is 2.65. The number of halogens is 1. The van der Waals surface area contributed by atoms with Crippen LogP contribution in [-0.2, 0) is 9.31 Å². The molecule has 0 radical (unpaired) electrons. The Balaban J connectivity index is 1.78. The Morgan fingerprint density at radius 1 is 1.35 bits per heavy atom. The zero-order valence-corrected chi connectivity index (χ0v) is 13.4. The molecule has 17 heavy (non-hydrogen) atoms. The van der Waals surface area contributed by atoms with Crippen LogP contribution in [0.2, 0.25) is 6.32 Å². The van der Waals surface area contributed by atoms with Crippen LogP contribution >= 0.6 is 22.6 Å². The van der Waals surface area contributed by atoms with Gasteiger partial charge >= 0.3 is 7.12 Å². The van der Waals surface area contributed by atoms with Gasteiger partial charge in [0.25, 0.3) is 0 Å². The zero-order valence-electron chi connectivity index (χ0n) is 11.2. The Labute approximate surface area is 118 Å². The molecule has 2 bridgehead atoms. The number of alkyl halides is 1. The molecule has 1 unspecified atom stereocenters. The summed E-state index contributed by atoms with van der Waals surface area (Å²) in [6, 6.07) is 0. The van der Waals surface area contributed by atoms with E-state index in [0.29, 0.717) is 21.4 Å². The molecular weight excluding hydrogens is 326 g/mol. The summed E-state index contributed by atoms with van der Waals surface area (Å²) in [7, 11) is 0.0343. The van der Waals surface area contributed by atoms with Crippen LogP contribution in [0.4, 0.5) is 0 Å². The second-order valence-electron chi connectivity index (χ2n) is 6.91. The van der Waals surface area contributed by atoms with E-state index in [-0.39, 0.29) is 12.7 Å². The molecule has 3 aliphatic carbocycles. The van der Waals surface area contributed by atoms with Crippen molar-refractivity contribution in [3.05, 3.63) is 0 Å². The van der Waals surface area contributed by atoms with Gasteiger partial charge in [-0.3, -0.25) is 0 Å². The van der Waals surface area contributed by atoms with Gasteiger partial charge in [-0.2, -0.15) is 0 Å². The molecule has 0 aromatic heterocycles. The Hall–Kier alpha value is 0.715. The normalized spacial score (nSPS) is 48.5. The van der Waals surface area contributed by atoms with Crippen molar-refractivity contribution in [2.75, 3.05) is 0 Å². The minimum Gasteiger partial charge on any atom is -0.405 e. The summed E-state index contributed by atoms with van der Waals surface area (Å²) in [4.78, 5) is 0. The average molecular weight is 348 g/mol. The Morgan fingerprint density at radius 2 is 2.06 bits per heavy atom. The molecule has 0 aromatic carbocycles. The Morgan fingerprint density at radius 3 is 2.65 bits per heavy atom. The molecule has 5 atom stereocenters. The lowest BCUT2D eigenvalue weighted by Gasteiger charge is -2.64. The third-order valence-electron chi connectivity index (χ3n) is 5.52. The summed E-state index contributed by atoms with van der Waals surface area (Å²) in [5.41, 5.74) is 0.438. The number of rotatable bonds is 2. The van der Waals surface area contributed by atoms with Gasteiger partial charge in [0.2, 0.25) is 0 Å². The second kappa shape index (κ2) is 3.86. The lowest BCUT2D eigenvalue weighted by Crippen LogP contribution is -2.65. The van der Waals surface area contributed by atoms with Gasteiger partial charge in [0.05, 0.1) is 11.7 Å². The predicted octanol–water partition coefficient (Wildman–Crippen LogP) is 3.54. The van der Waals surface area contributed by atoms with E-state index in [1.807, 2.05) is 0 Å². The quantitative estimate of drug-likeness (QED) is 0.432. The van der Waals surface area contributed by atoms with Gasteiger partial charge < -0.3 is 9.31 Å². The minimum atomic E-state index is -0.0194. The maximum atomic E-state index is 6.32. The number of hydrogen-bond donors (Lipinski definition) is 0. The van der Waals surface area contributed by atoms with E-state index in [2.05, 4.69) is 50.3 Å². The molecule has 0 amide bonds. The van der Waals surface area contributed by atoms with E-state index >= 15 is 0 Å². The third kappa shape index (κ3) is 1.73. The lowest BCUT2D eigenvalue weighted by molar-refractivity contribution is -0.199. The fourth-order valence-corrected chi connectivity index (χ4v) is 4.73. The van der Waals surface area contributed by atoms with Crippen LogP contribution in [0.15, 0.2) is 0 Å². The maximum Gasteiger partial charge on any atom is 0.458 e. The molecule has 1 heterocycles. The zero-order chi connectivity index (χ0) is 12.4. The molecule has 0 spiro atoms. The first-order valence-corrected chi connectivity index (χ1v) is 8.06.